The third-order valence-electron chi connectivity index (χ3n) is 4.40. The van der Waals surface area contributed by atoms with E-state index >= 15 is 0 Å². The molecule has 9 heteroatoms. The van der Waals surface area contributed by atoms with Crippen LogP contribution in [0.3, 0.4) is 0 Å². The summed E-state index contributed by atoms with van der Waals surface area (Å²) in [5.74, 6) is 1.65. The quantitative estimate of drug-likeness (QED) is 0.689. The lowest BCUT2D eigenvalue weighted by Crippen LogP contribution is -2.43. The minimum Gasteiger partial charge on any atom is -0.356 e. The number of carbonyl (C=O) groups excluding carboxylic acids is 2. The van der Waals surface area contributed by atoms with Gasteiger partial charge in [-0.15, -0.1) is 0 Å². The van der Waals surface area contributed by atoms with E-state index in [-0.39, 0.29) is 23.7 Å². The number of thiazole rings is 1. The molecule has 3 N–H and O–H groups in total. The maximum Gasteiger partial charge on any atom is 0.247 e. The maximum atomic E-state index is 12.5. The number of Topliss-reactive ketones (excluding diaryl/α,β-unsaturated/α-hetero) is 1. The number of ketones is 1. The molecular formula is C17H22N6O2S. The molecule has 0 spiro atoms. The Balaban J connectivity index is 1.95. The van der Waals surface area contributed by atoms with Crippen LogP contribution in [0.25, 0.3) is 0 Å². The third-order valence-corrected chi connectivity index (χ3v) is 5.57. The summed E-state index contributed by atoms with van der Waals surface area (Å²) in [6.07, 6.45) is 0.877. The van der Waals surface area contributed by atoms with Crippen molar-refractivity contribution in [2.45, 2.75) is 47.1 Å². The first-order valence-corrected chi connectivity index (χ1v) is 9.33. The van der Waals surface area contributed by atoms with Crippen LogP contribution in [0.2, 0.25) is 0 Å². The summed E-state index contributed by atoms with van der Waals surface area (Å²) in [6, 6.07) is -0.332. The highest BCUT2D eigenvalue weighted by atomic mass is 32.1. The largest absolute Gasteiger partial charge is 0.356 e. The fraction of sp³-hybridized carbons (Fsp3) is 0.471. The normalized spacial score (nSPS) is 17.1. The van der Waals surface area contributed by atoms with Gasteiger partial charge in [-0.3, -0.25) is 9.59 Å². The summed E-state index contributed by atoms with van der Waals surface area (Å²) in [6.45, 7) is 9.16. The average molecular weight is 374 g/mol. The van der Waals surface area contributed by atoms with Crippen molar-refractivity contribution < 1.29 is 9.59 Å². The summed E-state index contributed by atoms with van der Waals surface area (Å²) < 4.78 is 0. The number of anilines is 4. The molecule has 0 fully saturated rings. The van der Waals surface area contributed by atoms with Crippen LogP contribution >= 0.6 is 11.3 Å². The predicted octanol–water partition coefficient (Wildman–Crippen LogP) is 3.27. The Labute approximate surface area is 155 Å². The van der Waals surface area contributed by atoms with Crippen LogP contribution in [-0.2, 0) is 4.79 Å². The van der Waals surface area contributed by atoms with E-state index in [4.69, 9.17) is 0 Å². The number of carbonyl (C=O) groups is 2. The average Bonchev–Trinajstić information content (AvgIpc) is 2.95. The van der Waals surface area contributed by atoms with Crippen molar-refractivity contribution in [2.75, 3.05) is 16.0 Å². The molecule has 0 saturated heterocycles. The molecule has 2 unspecified atom stereocenters. The zero-order valence-corrected chi connectivity index (χ0v) is 16.2. The van der Waals surface area contributed by atoms with Crippen LogP contribution in [0, 0.1) is 19.8 Å². The fourth-order valence-electron chi connectivity index (χ4n) is 2.81. The van der Waals surface area contributed by atoms with Crippen molar-refractivity contribution in [1.82, 2.24) is 15.0 Å². The number of hydrogen-bond acceptors (Lipinski definition) is 8. The van der Waals surface area contributed by atoms with Gasteiger partial charge in [0.1, 0.15) is 17.6 Å². The molecule has 0 aliphatic carbocycles. The topological polar surface area (TPSA) is 109 Å². The Morgan fingerprint density at radius 2 is 2.04 bits per heavy atom. The van der Waals surface area contributed by atoms with Gasteiger partial charge < -0.3 is 16.0 Å². The first-order valence-electron chi connectivity index (χ1n) is 8.51. The standard InChI is InChI=1S/C17H22N6O2S/c1-6-7(2)11-16(25)22-12-14(21-11)19-10(5)20-15(12)23-17-18-8(3)13(26-17)9(4)24/h7,11H,6H2,1-5H3,(H,22,25)(H2,18,19,20,21,23). The highest BCUT2D eigenvalue weighted by Crippen LogP contribution is 2.36. The third kappa shape index (κ3) is 3.39. The number of fused-ring (bicyclic) bond motifs is 1. The van der Waals surface area contributed by atoms with Gasteiger partial charge in [0, 0.05) is 6.92 Å². The molecule has 2 aromatic heterocycles. The minimum absolute atomic E-state index is 0.0275. The number of rotatable bonds is 5. The predicted molar refractivity (Wildman–Crippen MR) is 102 cm³/mol. The lowest BCUT2D eigenvalue weighted by molar-refractivity contribution is -0.118. The zero-order chi connectivity index (χ0) is 19.0. The molecule has 1 amide bonds. The van der Waals surface area contributed by atoms with Gasteiger partial charge in [0.25, 0.3) is 0 Å². The Morgan fingerprint density at radius 1 is 1.31 bits per heavy atom. The van der Waals surface area contributed by atoms with Crippen molar-refractivity contribution in [1.29, 1.82) is 0 Å². The second kappa shape index (κ2) is 6.99. The van der Waals surface area contributed by atoms with E-state index in [2.05, 4.69) is 30.9 Å². The van der Waals surface area contributed by atoms with Crippen LogP contribution in [0.5, 0.6) is 0 Å². The summed E-state index contributed by atoms with van der Waals surface area (Å²) >= 11 is 1.26. The van der Waals surface area contributed by atoms with E-state index < -0.39 is 0 Å². The molecule has 0 aromatic carbocycles. The molecule has 0 bridgehead atoms. The Kier molecular flexibility index (Phi) is 4.90. The fourth-order valence-corrected chi connectivity index (χ4v) is 3.67. The van der Waals surface area contributed by atoms with Gasteiger partial charge in [0.05, 0.1) is 10.6 Å². The lowest BCUT2D eigenvalue weighted by Gasteiger charge is -2.30. The minimum atomic E-state index is -0.332. The number of nitrogens with zero attached hydrogens (tertiary/aromatic N) is 3. The number of aryl methyl sites for hydroxylation is 2. The Hall–Kier alpha value is -2.55. The molecule has 3 heterocycles. The molecule has 2 atom stereocenters. The van der Waals surface area contributed by atoms with E-state index in [0.29, 0.717) is 38.9 Å². The van der Waals surface area contributed by atoms with Crippen molar-refractivity contribution in [3.8, 4) is 0 Å². The van der Waals surface area contributed by atoms with Crippen molar-refractivity contribution >= 4 is 45.5 Å². The molecule has 2 aromatic rings. The van der Waals surface area contributed by atoms with Crippen molar-refractivity contribution in [2.24, 2.45) is 5.92 Å². The van der Waals surface area contributed by atoms with E-state index in [1.807, 2.05) is 13.8 Å². The van der Waals surface area contributed by atoms with Crippen LogP contribution in [-0.4, -0.2) is 32.7 Å². The second-order valence-corrected chi connectivity index (χ2v) is 7.45. The number of nitrogens with one attached hydrogen (secondary N) is 3. The number of aromatic nitrogens is 3. The van der Waals surface area contributed by atoms with E-state index in [9.17, 15) is 9.59 Å². The molecule has 138 valence electrons. The van der Waals surface area contributed by atoms with Crippen LogP contribution < -0.4 is 16.0 Å². The SMILES string of the molecule is CCC(C)C1Nc2nc(C)nc(Nc3nc(C)c(C(C)=O)s3)c2NC1=O. The van der Waals surface area contributed by atoms with Crippen LogP contribution in [0.4, 0.5) is 22.5 Å². The second-order valence-electron chi connectivity index (χ2n) is 6.45. The first-order chi connectivity index (χ1) is 12.3. The monoisotopic (exact) mass is 374 g/mol. The zero-order valence-electron chi connectivity index (χ0n) is 15.4. The van der Waals surface area contributed by atoms with E-state index in [1.54, 1.807) is 13.8 Å². The molecule has 1 aliphatic rings. The Morgan fingerprint density at radius 3 is 2.65 bits per heavy atom. The van der Waals surface area contributed by atoms with E-state index in [0.717, 1.165) is 6.42 Å². The van der Waals surface area contributed by atoms with Gasteiger partial charge >= 0.3 is 0 Å². The highest BCUT2D eigenvalue weighted by molar-refractivity contribution is 7.17. The van der Waals surface area contributed by atoms with Gasteiger partial charge in [-0.1, -0.05) is 31.6 Å². The van der Waals surface area contributed by atoms with Gasteiger partial charge in [0.15, 0.2) is 22.6 Å². The molecule has 26 heavy (non-hydrogen) atoms. The molecular weight excluding hydrogens is 352 g/mol. The maximum absolute atomic E-state index is 12.5. The van der Waals surface area contributed by atoms with Crippen LogP contribution in [0.15, 0.2) is 0 Å². The van der Waals surface area contributed by atoms with Crippen LogP contribution in [0.1, 0.15) is 48.4 Å². The highest BCUT2D eigenvalue weighted by Gasteiger charge is 2.32. The molecule has 0 radical (unpaired) electrons. The summed E-state index contributed by atoms with van der Waals surface area (Å²) in [4.78, 5) is 37.9. The lowest BCUT2D eigenvalue weighted by atomic mass is 9.97. The molecule has 0 saturated carbocycles. The van der Waals surface area contributed by atoms with E-state index in [1.165, 1.54) is 18.3 Å². The summed E-state index contributed by atoms with van der Waals surface area (Å²) in [5.41, 5.74) is 1.17. The van der Waals surface area contributed by atoms with Gasteiger partial charge in [-0.05, 0) is 19.8 Å². The van der Waals surface area contributed by atoms with Crippen molar-refractivity contribution in [3.63, 3.8) is 0 Å². The van der Waals surface area contributed by atoms with Crippen molar-refractivity contribution in [3.05, 3.63) is 16.4 Å². The number of amides is 1. The molecule has 3 rings (SSSR count). The summed E-state index contributed by atoms with van der Waals surface area (Å²) in [5, 5.41) is 9.80. The molecule has 8 nitrogen and oxygen atoms in total. The first kappa shape index (κ1) is 18.2. The van der Waals surface area contributed by atoms with Gasteiger partial charge in [-0.2, -0.15) is 0 Å². The Bertz CT molecular complexity index is 878. The van der Waals surface area contributed by atoms with Gasteiger partial charge in [0.2, 0.25) is 5.91 Å². The number of hydrogen-bond donors (Lipinski definition) is 3. The summed E-state index contributed by atoms with van der Waals surface area (Å²) in [7, 11) is 0. The molecule has 1 aliphatic heterocycles. The smallest absolute Gasteiger partial charge is 0.247 e. The van der Waals surface area contributed by atoms with Gasteiger partial charge in [-0.25, -0.2) is 15.0 Å².